The highest BCUT2D eigenvalue weighted by molar-refractivity contribution is 5.48. The van der Waals surface area contributed by atoms with E-state index in [0.29, 0.717) is 0 Å². The minimum atomic E-state index is -0.381. The van der Waals surface area contributed by atoms with Gasteiger partial charge in [0.15, 0.2) is 0 Å². The molecule has 0 fully saturated rings. The Kier molecular flexibility index (Phi) is 3.62. The van der Waals surface area contributed by atoms with E-state index in [0.717, 1.165) is 22.3 Å². The molecular weight excluding hydrogens is 240 g/mol. The quantitative estimate of drug-likeness (QED) is 0.677. The molecule has 2 aromatic rings. The highest BCUT2D eigenvalue weighted by Crippen LogP contribution is 2.28. The number of aryl methyl sites for hydroxylation is 1. The molecule has 1 atom stereocenters. The molecule has 0 saturated carbocycles. The molecule has 0 radical (unpaired) electrons. The van der Waals surface area contributed by atoms with Crippen molar-refractivity contribution < 1.29 is 4.92 Å². The van der Waals surface area contributed by atoms with Gasteiger partial charge in [-0.1, -0.05) is 30.3 Å². The Morgan fingerprint density at radius 3 is 2.37 bits per heavy atom. The Bertz CT molecular complexity index is 609. The second-order valence-corrected chi connectivity index (χ2v) is 4.62. The summed E-state index contributed by atoms with van der Waals surface area (Å²) >= 11 is 0. The summed E-state index contributed by atoms with van der Waals surface area (Å²) in [5.74, 6) is 0. The molecule has 0 bridgehead atoms. The van der Waals surface area contributed by atoms with Crippen LogP contribution in [0, 0.1) is 24.0 Å². The number of benzene rings is 2. The minimum absolute atomic E-state index is 0.0875. The van der Waals surface area contributed by atoms with E-state index in [2.05, 4.69) is 0 Å². The van der Waals surface area contributed by atoms with Crippen molar-refractivity contribution in [3.05, 3.63) is 74.8 Å². The normalized spacial score (nSPS) is 12.2. The second kappa shape index (κ2) is 5.20. The first kappa shape index (κ1) is 13.2. The van der Waals surface area contributed by atoms with E-state index in [9.17, 15) is 10.1 Å². The van der Waals surface area contributed by atoms with Gasteiger partial charge in [0.1, 0.15) is 0 Å². The van der Waals surface area contributed by atoms with Crippen LogP contribution in [0.3, 0.4) is 0 Å². The maximum atomic E-state index is 10.9. The molecule has 0 aliphatic heterocycles. The average Bonchev–Trinajstić information content (AvgIpc) is 2.41. The number of hydrogen-bond acceptors (Lipinski definition) is 3. The number of nitrogens with two attached hydrogens (primary N) is 1. The van der Waals surface area contributed by atoms with Crippen molar-refractivity contribution in [3.63, 3.8) is 0 Å². The zero-order valence-corrected chi connectivity index (χ0v) is 11.0. The summed E-state index contributed by atoms with van der Waals surface area (Å²) in [4.78, 5) is 10.6. The molecule has 0 aliphatic rings. The topological polar surface area (TPSA) is 69.2 Å². The van der Waals surface area contributed by atoms with Gasteiger partial charge in [0.05, 0.1) is 11.0 Å². The third-order valence-corrected chi connectivity index (χ3v) is 3.40. The summed E-state index contributed by atoms with van der Waals surface area (Å²) in [6, 6.07) is 12.4. The first-order valence-electron chi connectivity index (χ1n) is 6.06. The zero-order valence-electron chi connectivity index (χ0n) is 11.0. The summed E-state index contributed by atoms with van der Waals surface area (Å²) < 4.78 is 0. The molecular formula is C15H16N2O2. The van der Waals surface area contributed by atoms with Crippen LogP contribution in [0.1, 0.15) is 28.3 Å². The van der Waals surface area contributed by atoms with Gasteiger partial charge in [-0.25, -0.2) is 0 Å². The SMILES string of the molecule is Cc1cc([N+](=O)[O-])cc(C(N)c2ccccc2)c1C. The molecule has 0 amide bonds. The Balaban J connectivity index is 2.52. The number of nitro groups is 1. The van der Waals surface area contributed by atoms with Crippen LogP contribution in [0.2, 0.25) is 0 Å². The zero-order chi connectivity index (χ0) is 14.0. The van der Waals surface area contributed by atoms with Gasteiger partial charge in [-0.15, -0.1) is 0 Å². The number of nitro benzene ring substituents is 1. The fourth-order valence-corrected chi connectivity index (χ4v) is 2.14. The van der Waals surface area contributed by atoms with Gasteiger partial charge in [0.2, 0.25) is 0 Å². The van der Waals surface area contributed by atoms with E-state index in [4.69, 9.17) is 5.73 Å². The lowest BCUT2D eigenvalue weighted by atomic mass is 9.93. The van der Waals surface area contributed by atoms with E-state index in [-0.39, 0.29) is 16.7 Å². The summed E-state index contributed by atoms with van der Waals surface area (Å²) in [6.45, 7) is 3.81. The van der Waals surface area contributed by atoms with Gasteiger partial charge >= 0.3 is 0 Å². The van der Waals surface area contributed by atoms with Gasteiger partial charge in [-0.05, 0) is 36.1 Å². The van der Waals surface area contributed by atoms with E-state index in [1.807, 2.05) is 44.2 Å². The van der Waals surface area contributed by atoms with Crippen molar-refractivity contribution >= 4 is 5.69 Å². The van der Waals surface area contributed by atoms with Crippen LogP contribution in [0.25, 0.3) is 0 Å². The van der Waals surface area contributed by atoms with Crippen molar-refractivity contribution in [2.45, 2.75) is 19.9 Å². The summed E-state index contributed by atoms with van der Waals surface area (Å²) in [7, 11) is 0. The van der Waals surface area contributed by atoms with Crippen molar-refractivity contribution in [2.24, 2.45) is 5.73 Å². The van der Waals surface area contributed by atoms with Crippen LogP contribution in [0.15, 0.2) is 42.5 Å². The lowest BCUT2D eigenvalue weighted by Gasteiger charge is -2.16. The van der Waals surface area contributed by atoms with Gasteiger partial charge in [-0.2, -0.15) is 0 Å². The Morgan fingerprint density at radius 1 is 1.16 bits per heavy atom. The largest absolute Gasteiger partial charge is 0.320 e. The number of rotatable bonds is 3. The molecule has 98 valence electrons. The molecule has 0 aromatic heterocycles. The van der Waals surface area contributed by atoms with Gasteiger partial charge < -0.3 is 5.73 Å². The van der Waals surface area contributed by atoms with Crippen molar-refractivity contribution in [1.82, 2.24) is 0 Å². The smallest absolute Gasteiger partial charge is 0.270 e. The monoisotopic (exact) mass is 256 g/mol. The maximum absolute atomic E-state index is 10.9. The van der Waals surface area contributed by atoms with Gasteiger partial charge in [0.25, 0.3) is 5.69 Å². The fourth-order valence-electron chi connectivity index (χ4n) is 2.14. The molecule has 0 aliphatic carbocycles. The molecule has 0 spiro atoms. The predicted molar refractivity (Wildman–Crippen MR) is 75.0 cm³/mol. The van der Waals surface area contributed by atoms with Gasteiger partial charge in [0, 0.05) is 12.1 Å². The maximum Gasteiger partial charge on any atom is 0.270 e. The third kappa shape index (κ3) is 2.63. The molecule has 2 N–H and O–H groups in total. The van der Waals surface area contributed by atoms with E-state index in [1.165, 1.54) is 0 Å². The van der Waals surface area contributed by atoms with Crippen molar-refractivity contribution in [1.29, 1.82) is 0 Å². The van der Waals surface area contributed by atoms with Crippen molar-refractivity contribution in [3.8, 4) is 0 Å². The van der Waals surface area contributed by atoms with Crippen LogP contribution in [-0.2, 0) is 0 Å². The molecule has 19 heavy (non-hydrogen) atoms. The van der Waals surface area contributed by atoms with Crippen LogP contribution < -0.4 is 5.73 Å². The van der Waals surface area contributed by atoms with Crippen LogP contribution in [-0.4, -0.2) is 4.92 Å². The van der Waals surface area contributed by atoms with Crippen molar-refractivity contribution in [2.75, 3.05) is 0 Å². The van der Waals surface area contributed by atoms with E-state index in [1.54, 1.807) is 12.1 Å². The molecule has 0 heterocycles. The summed E-state index contributed by atoms with van der Waals surface area (Å²) in [5, 5.41) is 10.9. The second-order valence-electron chi connectivity index (χ2n) is 4.62. The first-order chi connectivity index (χ1) is 9.00. The van der Waals surface area contributed by atoms with Gasteiger partial charge in [-0.3, -0.25) is 10.1 Å². The Hall–Kier alpha value is -2.20. The number of nitrogens with zero attached hydrogens (tertiary/aromatic N) is 1. The predicted octanol–water partition coefficient (Wildman–Crippen LogP) is 3.26. The highest BCUT2D eigenvalue weighted by Gasteiger charge is 2.17. The molecule has 4 heteroatoms. The standard InChI is InChI=1S/C15H16N2O2/c1-10-8-13(17(18)19)9-14(11(10)2)15(16)12-6-4-3-5-7-12/h3-9,15H,16H2,1-2H3. The van der Waals surface area contributed by atoms with E-state index >= 15 is 0 Å². The first-order valence-corrected chi connectivity index (χ1v) is 6.06. The molecule has 2 aromatic carbocycles. The van der Waals surface area contributed by atoms with E-state index < -0.39 is 0 Å². The average molecular weight is 256 g/mol. The van der Waals surface area contributed by atoms with Crippen LogP contribution in [0.4, 0.5) is 5.69 Å². The fraction of sp³-hybridized carbons (Fsp3) is 0.200. The molecule has 1 unspecified atom stereocenters. The Morgan fingerprint density at radius 2 is 1.79 bits per heavy atom. The lowest BCUT2D eigenvalue weighted by Crippen LogP contribution is -2.14. The third-order valence-electron chi connectivity index (χ3n) is 3.40. The Labute approximate surface area is 112 Å². The summed E-state index contributed by atoms with van der Waals surface area (Å²) in [5.41, 5.74) is 9.96. The minimum Gasteiger partial charge on any atom is -0.320 e. The molecule has 0 saturated heterocycles. The number of hydrogen-bond donors (Lipinski definition) is 1. The highest BCUT2D eigenvalue weighted by atomic mass is 16.6. The summed E-state index contributed by atoms with van der Waals surface area (Å²) in [6.07, 6.45) is 0. The van der Waals surface area contributed by atoms with Crippen LogP contribution >= 0.6 is 0 Å². The number of non-ortho nitro benzene ring substituents is 1. The molecule has 2 rings (SSSR count). The molecule has 4 nitrogen and oxygen atoms in total. The lowest BCUT2D eigenvalue weighted by molar-refractivity contribution is -0.385. The van der Waals surface area contributed by atoms with Crippen LogP contribution in [0.5, 0.6) is 0 Å².